The zero-order valence-corrected chi connectivity index (χ0v) is 27.0. The first-order chi connectivity index (χ1) is 20.3. The van der Waals surface area contributed by atoms with Crippen LogP contribution in [0.2, 0.25) is 0 Å². The molecule has 0 radical (unpaired) electrons. The number of rotatable bonds is 19. The molecule has 0 atom stereocenters. The molecule has 0 spiro atoms. The van der Waals surface area contributed by atoms with E-state index in [2.05, 4.69) is 95.2 Å². The van der Waals surface area contributed by atoms with Crippen molar-refractivity contribution in [3.05, 3.63) is 60.7 Å². The van der Waals surface area contributed by atoms with Crippen molar-refractivity contribution in [3.8, 4) is 28.3 Å². The summed E-state index contributed by atoms with van der Waals surface area (Å²) in [7, 11) is 0.634. The molecule has 42 heavy (non-hydrogen) atoms. The van der Waals surface area contributed by atoms with Crippen LogP contribution >= 0.6 is 0 Å². The number of unbranched alkanes of at least 4 members (excludes halogenated alkanes) is 13. The van der Waals surface area contributed by atoms with E-state index in [1.165, 1.54) is 94.6 Å². The zero-order chi connectivity index (χ0) is 30.6. The quantitative estimate of drug-likeness (QED) is 0.0600. The van der Waals surface area contributed by atoms with Gasteiger partial charge in [-0.05, 0) is 18.6 Å². The smallest absolute Gasteiger partial charge is 0.280 e. The van der Waals surface area contributed by atoms with Gasteiger partial charge in [-0.3, -0.25) is 4.18 Å². The lowest BCUT2D eigenvalue weighted by Crippen LogP contribution is -2.39. The lowest BCUT2D eigenvalue weighted by atomic mass is 10.0. The minimum Gasteiger partial charge on any atom is -0.726 e. The Hall–Kier alpha value is -2.68. The van der Waals surface area contributed by atoms with E-state index >= 15 is 0 Å². The molecule has 0 unspecified atom stereocenters. The summed E-state index contributed by atoms with van der Waals surface area (Å²) in [4.78, 5) is 0. The van der Waals surface area contributed by atoms with E-state index in [4.69, 9.17) is 4.74 Å². The van der Waals surface area contributed by atoms with Crippen molar-refractivity contribution in [1.29, 1.82) is 0 Å². The fraction of sp³-hybridized carbons (Fsp3) is 0.559. The molecular formula is C34H52N2O5S. The van der Waals surface area contributed by atoms with Crippen LogP contribution in [-0.4, -0.2) is 31.4 Å². The second kappa shape index (κ2) is 20.3. The van der Waals surface area contributed by atoms with Gasteiger partial charge in [-0.1, -0.05) is 139 Å². The van der Waals surface area contributed by atoms with E-state index in [1.54, 1.807) is 0 Å². The van der Waals surface area contributed by atoms with Gasteiger partial charge in [0.25, 0.3) is 5.69 Å². The Bertz CT molecular complexity index is 1160. The highest BCUT2D eigenvalue weighted by molar-refractivity contribution is 7.80. The highest BCUT2D eigenvalue weighted by Gasteiger charge is 2.30. The molecule has 7 nitrogen and oxygen atoms in total. The van der Waals surface area contributed by atoms with Crippen molar-refractivity contribution in [2.24, 2.45) is 14.1 Å². The Morgan fingerprint density at radius 1 is 0.714 bits per heavy atom. The third kappa shape index (κ3) is 13.1. The van der Waals surface area contributed by atoms with Crippen LogP contribution in [0.1, 0.15) is 96.8 Å². The van der Waals surface area contributed by atoms with Crippen LogP contribution in [0.4, 0.5) is 0 Å². The van der Waals surface area contributed by atoms with E-state index in [9.17, 15) is 13.0 Å². The van der Waals surface area contributed by atoms with E-state index in [1.807, 2.05) is 0 Å². The summed E-state index contributed by atoms with van der Waals surface area (Å²) < 4.78 is 42.0. The predicted molar refractivity (Wildman–Crippen MR) is 170 cm³/mol. The van der Waals surface area contributed by atoms with Gasteiger partial charge in [-0.15, -0.1) is 4.68 Å². The SMILES string of the molecule is CCCCCCCCCCCCCCCCOc1c(-c2ccccc2)n(C)[n+](C)c1-c1ccccc1.COS(=O)(=O)[O-]. The Morgan fingerprint density at radius 3 is 1.55 bits per heavy atom. The first kappa shape index (κ1) is 35.5. The van der Waals surface area contributed by atoms with Crippen LogP contribution in [0.15, 0.2) is 60.7 Å². The van der Waals surface area contributed by atoms with Gasteiger partial charge in [0.05, 0.1) is 26.3 Å². The Labute approximate surface area is 254 Å². The standard InChI is InChI=1S/C33H49N2O.CH4O4S/c1-4-5-6-7-8-9-10-11-12-13-14-15-16-23-28-36-33-31(29-24-19-17-20-25-29)34(2)35(3)32(33)30-26-21-18-22-27-30;1-5-6(2,3)4/h17-22,24-27H,4-16,23,28H2,1-3H3;1H3,(H,2,3,4)/q+1;/p-1. The number of nitrogens with zero attached hydrogens (tertiary/aromatic N) is 2. The maximum absolute atomic E-state index is 9.22. The van der Waals surface area contributed by atoms with Gasteiger partial charge in [0.1, 0.15) is 0 Å². The summed E-state index contributed by atoms with van der Waals surface area (Å²) in [6, 6.07) is 21.2. The van der Waals surface area contributed by atoms with Crippen LogP contribution in [0.3, 0.4) is 0 Å². The van der Waals surface area contributed by atoms with Gasteiger partial charge in [0.15, 0.2) is 12.7 Å². The molecule has 0 saturated heterocycles. The number of ether oxygens (including phenoxy) is 1. The Kier molecular flexibility index (Phi) is 17.1. The van der Waals surface area contributed by atoms with Crippen LogP contribution < -0.4 is 9.42 Å². The van der Waals surface area contributed by atoms with Crippen LogP contribution in [0.25, 0.3) is 22.5 Å². The lowest BCUT2D eigenvalue weighted by Gasteiger charge is -2.08. The van der Waals surface area contributed by atoms with Crippen molar-refractivity contribution < 1.29 is 26.6 Å². The summed E-state index contributed by atoms with van der Waals surface area (Å²) in [6.45, 7) is 3.06. The topological polar surface area (TPSA) is 84.5 Å². The molecule has 0 aliphatic heterocycles. The maximum atomic E-state index is 9.22. The van der Waals surface area contributed by atoms with Crippen molar-refractivity contribution in [3.63, 3.8) is 0 Å². The molecule has 1 aromatic heterocycles. The summed E-state index contributed by atoms with van der Waals surface area (Å²) in [5, 5.41) is 0. The largest absolute Gasteiger partial charge is 0.726 e. The summed E-state index contributed by atoms with van der Waals surface area (Å²) in [5.74, 6) is 0.993. The molecule has 0 amide bonds. The second-order valence-corrected chi connectivity index (χ2v) is 12.0. The first-order valence-corrected chi connectivity index (χ1v) is 17.0. The van der Waals surface area contributed by atoms with Gasteiger partial charge < -0.3 is 9.29 Å². The second-order valence-electron chi connectivity index (χ2n) is 10.8. The molecule has 0 saturated carbocycles. The summed E-state index contributed by atoms with van der Waals surface area (Å²) in [6.07, 6.45) is 19.2. The van der Waals surface area contributed by atoms with Crippen molar-refractivity contribution in [2.45, 2.75) is 96.8 Å². The molecule has 234 valence electrons. The van der Waals surface area contributed by atoms with Gasteiger partial charge in [0, 0.05) is 5.56 Å². The highest BCUT2D eigenvalue weighted by atomic mass is 32.3. The monoisotopic (exact) mass is 600 g/mol. The van der Waals surface area contributed by atoms with Gasteiger partial charge in [0.2, 0.25) is 16.1 Å². The maximum Gasteiger partial charge on any atom is 0.280 e. The fourth-order valence-electron chi connectivity index (χ4n) is 5.14. The third-order valence-corrected chi connectivity index (χ3v) is 7.98. The molecule has 0 N–H and O–H groups in total. The van der Waals surface area contributed by atoms with Gasteiger partial charge >= 0.3 is 0 Å². The molecule has 8 heteroatoms. The van der Waals surface area contributed by atoms with E-state index < -0.39 is 10.4 Å². The average molecular weight is 601 g/mol. The van der Waals surface area contributed by atoms with Crippen LogP contribution in [0, 0.1) is 0 Å². The van der Waals surface area contributed by atoms with Crippen LogP contribution in [0.5, 0.6) is 5.75 Å². The van der Waals surface area contributed by atoms with Crippen molar-refractivity contribution in [2.75, 3.05) is 13.7 Å². The van der Waals surface area contributed by atoms with Gasteiger partial charge in [-0.25, -0.2) is 8.42 Å². The number of hydrogen-bond acceptors (Lipinski definition) is 5. The number of aromatic nitrogens is 2. The Morgan fingerprint density at radius 2 is 1.12 bits per heavy atom. The molecule has 0 aliphatic carbocycles. The molecule has 0 aliphatic rings. The van der Waals surface area contributed by atoms with E-state index in [0.717, 1.165) is 37.3 Å². The normalized spacial score (nSPS) is 11.3. The van der Waals surface area contributed by atoms with Gasteiger partial charge in [-0.2, -0.15) is 4.68 Å². The zero-order valence-electron chi connectivity index (χ0n) is 26.2. The molecule has 1 heterocycles. The summed E-state index contributed by atoms with van der Waals surface area (Å²) >= 11 is 0. The van der Waals surface area contributed by atoms with E-state index in [-0.39, 0.29) is 0 Å². The lowest BCUT2D eigenvalue weighted by molar-refractivity contribution is -0.740. The molecule has 3 rings (SSSR count). The number of hydrogen-bond donors (Lipinski definition) is 0. The third-order valence-electron chi connectivity index (χ3n) is 7.57. The number of benzene rings is 2. The first-order valence-electron chi connectivity index (χ1n) is 15.6. The van der Waals surface area contributed by atoms with Crippen LogP contribution in [-0.2, 0) is 28.7 Å². The fourth-order valence-corrected chi connectivity index (χ4v) is 5.14. The predicted octanol–water partition coefficient (Wildman–Crippen LogP) is 8.14. The minimum absolute atomic E-state index is 0.766. The Balaban J connectivity index is 0.000000928. The highest BCUT2D eigenvalue weighted by Crippen LogP contribution is 2.37. The summed E-state index contributed by atoms with van der Waals surface area (Å²) in [5.41, 5.74) is 4.66. The minimum atomic E-state index is -4.41. The average Bonchev–Trinajstić information content (AvgIpc) is 3.24. The van der Waals surface area contributed by atoms with E-state index in [0.29, 0.717) is 0 Å². The molecule has 0 fully saturated rings. The molecular weight excluding hydrogens is 548 g/mol. The molecule has 0 bridgehead atoms. The molecule has 3 aromatic rings. The molecule has 2 aromatic carbocycles. The van der Waals surface area contributed by atoms with Crippen molar-refractivity contribution in [1.82, 2.24) is 4.68 Å². The van der Waals surface area contributed by atoms with Crippen molar-refractivity contribution >= 4 is 10.4 Å².